The summed E-state index contributed by atoms with van der Waals surface area (Å²) in [5.41, 5.74) is 1.86. The third-order valence-electron chi connectivity index (χ3n) is 3.04. The van der Waals surface area contributed by atoms with Crippen LogP contribution in [-0.4, -0.2) is 26.5 Å². The monoisotopic (exact) mass is 300 g/mol. The van der Waals surface area contributed by atoms with Gasteiger partial charge in [0.15, 0.2) is 0 Å². The largest absolute Gasteiger partial charge is 0.207 e. The van der Waals surface area contributed by atoms with E-state index in [1.54, 1.807) is 23.9 Å². The van der Waals surface area contributed by atoms with Crippen LogP contribution in [0.4, 0.5) is 4.39 Å². The molecule has 0 radical (unpaired) electrons. The highest BCUT2D eigenvalue weighted by molar-refractivity contribution is 7.98. The number of thioether (sulfide) groups is 1. The van der Waals surface area contributed by atoms with Gasteiger partial charge in [-0.3, -0.25) is 0 Å². The standard InChI is InChI=1S/C15H13FN4S/c1-21-14-8-2-11(3-9-14)10-20-18-15(17-19-20)12-4-6-13(16)7-5-12/h2-9H,10H2,1H3. The van der Waals surface area contributed by atoms with Gasteiger partial charge in [-0.25, -0.2) is 4.39 Å². The average Bonchev–Trinajstić information content (AvgIpc) is 2.97. The normalized spacial score (nSPS) is 10.8. The predicted molar refractivity (Wildman–Crippen MR) is 80.5 cm³/mol. The molecule has 0 spiro atoms. The van der Waals surface area contributed by atoms with Crippen LogP contribution in [0, 0.1) is 5.82 Å². The third-order valence-corrected chi connectivity index (χ3v) is 3.78. The van der Waals surface area contributed by atoms with Crippen molar-refractivity contribution in [2.24, 2.45) is 0 Å². The molecule has 0 aliphatic heterocycles. The van der Waals surface area contributed by atoms with Crippen molar-refractivity contribution >= 4 is 11.8 Å². The lowest BCUT2D eigenvalue weighted by Gasteiger charge is -2.01. The summed E-state index contributed by atoms with van der Waals surface area (Å²) in [6, 6.07) is 14.3. The Hall–Kier alpha value is -2.21. The van der Waals surface area contributed by atoms with Crippen LogP contribution in [0.15, 0.2) is 53.4 Å². The Morgan fingerprint density at radius 2 is 1.76 bits per heavy atom. The summed E-state index contributed by atoms with van der Waals surface area (Å²) in [6.45, 7) is 0.558. The van der Waals surface area contributed by atoms with E-state index in [9.17, 15) is 4.39 Å². The Morgan fingerprint density at radius 1 is 1.05 bits per heavy atom. The fraction of sp³-hybridized carbons (Fsp3) is 0.133. The minimum atomic E-state index is -0.278. The SMILES string of the molecule is CSc1ccc(Cn2nnc(-c3ccc(F)cc3)n2)cc1. The maximum atomic E-state index is 12.9. The molecule has 106 valence electrons. The van der Waals surface area contributed by atoms with Crippen LogP contribution in [0.3, 0.4) is 0 Å². The zero-order valence-corrected chi connectivity index (χ0v) is 12.2. The lowest BCUT2D eigenvalue weighted by molar-refractivity contribution is 0.572. The van der Waals surface area contributed by atoms with Crippen molar-refractivity contribution in [2.75, 3.05) is 6.26 Å². The van der Waals surface area contributed by atoms with Gasteiger partial charge in [-0.2, -0.15) is 4.80 Å². The highest BCUT2D eigenvalue weighted by Gasteiger charge is 2.06. The molecule has 0 saturated carbocycles. The topological polar surface area (TPSA) is 43.6 Å². The first-order valence-corrected chi connectivity index (χ1v) is 7.64. The van der Waals surface area contributed by atoms with Crippen LogP contribution in [0.1, 0.15) is 5.56 Å². The zero-order valence-electron chi connectivity index (χ0n) is 11.4. The van der Waals surface area contributed by atoms with Gasteiger partial charge in [0.05, 0.1) is 6.54 Å². The average molecular weight is 300 g/mol. The molecular formula is C15H13FN4S. The first-order chi connectivity index (χ1) is 10.2. The van der Waals surface area contributed by atoms with Crippen molar-refractivity contribution in [1.29, 1.82) is 0 Å². The van der Waals surface area contributed by atoms with Crippen LogP contribution in [0.25, 0.3) is 11.4 Å². The molecular weight excluding hydrogens is 287 g/mol. The Morgan fingerprint density at radius 3 is 2.43 bits per heavy atom. The molecule has 0 unspecified atom stereocenters. The molecule has 0 aliphatic carbocycles. The summed E-state index contributed by atoms with van der Waals surface area (Å²) < 4.78 is 12.9. The van der Waals surface area contributed by atoms with Crippen molar-refractivity contribution in [3.63, 3.8) is 0 Å². The Kier molecular flexibility index (Phi) is 3.96. The lowest BCUT2D eigenvalue weighted by atomic mass is 10.2. The maximum absolute atomic E-state index is 12.9. The van der Waals surface area contributed by atoms with Gasteiger partial charge in [-0.05, 0) is 53.4 Å². The smallest absolute Gasteiger partial charge is 0.204 e. The van der Waals surface area contributed by atoms with Crippen LogP contribution in [0.2, 0.25) is 0 Å². The quantitative estimate of drug-likeness (QED) is 0.694. The third kappa shape index (κ3) is 3.28. The Balaban J connectivity index is 1.76. The number of aromatic nitrogens is 4. The first-order valence-electron chi connectivity index (χ1n) is 6.41. The van der Waals surface area contributed by atoms with Crippen molar-refractivity contribution in [1.82, 2.24) is 20.2 Å². The van der Waals surface area contributed by atoms with E-state index in [4.69, 9.17) is 0 Å². The molecule has 3 rings (SSSR count). The molecule has 0 amide bonds. The summed E-state index contributed by atoms with van der Waals surface area (Å²) in [7, 11) is 0. The number of hydrogen-bond acceptors (Lipinski definition) is 4. The van der Waals surface area contributed by atoms with E-state index in [2.05, 4.69) is 27.5 Å². The van der Waals surface area contributed by atoms with Gasteiger partial charge in [0.25, 0.3) is 0 Å². The molecule has 0 atom stereocenters. The van der Waals surface area contributed by atoms with Gasteiger partial charge in [0, 0.05) is 10.5 Å². The second-order valence-corrected chi connectivity index (χ2v) is 5.38. The number of nitrogens with zero attached hydrogens (tertiary/aromatic N) is 4. The molecule has 6 heteroatoms. The van der Waals surface area contributed by atoms with Crippen molar-refractivity contribution in [2.45, 2.75) is 11.4 Å². The molecule has 0 saturated heterocycles. The van der Waals surface area contributed by atoms with Crippen LogP contribution in [-0.2, 0) is 6.54 Å². The Bertz CT molecular complexity index is 722. The summed E-state index contributed by atoms with van der Waals surface area (Å²) in [4.78, 5) is 2.75. The van der Waals surface area contributed by atoms with Crippen molar-refractivity contribution < 1.29 is 4.39 Å². The number of rotatable bonds is 4. The molecule has 1 aromatic heterocycles. The number of tetrazole rings is 1. The first kappa shape index (κ1) is 13.8. The molecule has 0 N–H and O–H groups in total. The van der Waals surface area contributed by atoms with Gasteiger partial charge in [0.2, 0.25) is 5.82 Å². The van der Waals surface area contributed by atoms with Crippen molar-refractivity contribution in [3.05, 3.63) is 59.9 Å². The highest BCUT2D eigenvalue weighted by atomic mass is 32.2. The molecule has 0 fully saturated rings. The summed E-state index contributed by atoms with van der Waals surface area (Å²) in [5.74, 6) is 0.218. The number of halogens is 1. The maximum Gasteiger partial charge on any atom is 0.204 e. The fourth-order valence-corrected chi connectivity index (χ4v) is 2.33. The van der Waals surface area contributed by atoms with Gasteiger partial charge >= 0.3 is 0 Å². The highest BCUT2D eigenvalue weighted by Crippen LogP contribution is 2.16. The van der Waals surface area contributed by atoms with Gasteiger partial charge in [-0.1, -0.05) is 12.1 Å². The van der Waals surface area contributed by atoms with Gasteiger partial charge in [0.1, 0.15) is 5.82 Å². The zero-order chi connectivity index (χ0) is 14.7. The minimum Gasteiger partial charge on any atom is -0.207 e. The second kappa shape index (κ2) is 6.05. The van der Waals surface area contributed by atoms with Gasteiger partial charge < -0.3 is 0 Å². The molecule has 0 bridgehead atoms. The van der Waals surface area contributed by atoms with Crippen LogP contribution < -0.4 is 0 Å². The summed E-state index contributed by atoms with van der Waals surface area (Å²) >= 11 is 1.71. The fourth-order valence-electron chi connectivity index (χ4n) is 1.92. The minimum absolute atomic E-state index is 0.278. The van der Waals surface area contributed by atoms with E-state index in [1.807, 2.05) is 18.4 Å². The molecule has 4 nitrogen and oxygen atoms in total. The van der Waals surface area contributed by atoms with Crippen LogP contribution in [0.5, 0.6) is 0 Å². The predicted octanol–water partition coefficient (Wildman–Crippen LogP) is 3.25. The van der Waals surface area contributed by atoms with Crippen molar-refractivity contribution in [3.8, 4) is 11.4 Å². The van der Waals surface area contributed by atoms with E-state index in [0.29, 0.717) is 12.4 Å². The molecule has 3 aromatic rings. The van der Waals surface area contributed by atoms with E-state index in [-0.39, 0.29) is 5.82 Å². The summed E-state index contributed by atoms with van der Waals surface area (Å²) in [5, 5.41) is 12.3. The summed E-state index contributed by atoms with van der Waals surface area (Å²) in [6.07, 6.45) is 2.04. The van der Waals surface area contributed by atoms with E-state index in [0.717, 1.165) is 11.1 Å². The molecule has 2 aromatic carbocycles. The van der Waals surface area contributed by atoms with E-state index < -0.39 is 0 Å². The molecule has 0 aliphatic rings. The number of hydrogen-bond donors (Lipinski definition) is 0. The second-order valence-electron chi connectivity index (χ2n) is 4.50. The van der Waals surface area contributed by atoms with Gasteiger partial charge in [-0.15, -0.1) is 22.0 Å². The van der Waals surface area contributed by atoms with Crippen LogP contribution >= 0.6 is 11.8 Å². The lowest BCUT2D eigenvalue weighted by Crippen LogP contribution is -2.03. The Labute approximate surface area is 126 Å². The van der Waals surface area contributed by atoms with E-state index in [1.165, 1.54) is 21.8 Å². The van der Waals surface area contributed by atoms with E-state index >= 15 is 0 Å². The number of benzene rings is 2. The molecule has 21 heavy (non-hydrogen) atoms. The molecule has 1 heterocycles.